The van der Waals surface area contributed by atoms with Gasteiger partial charge in [0.25, 0.3) is 0 Å². The summed E-state index contributed by atoms with van der Waals surface area (Å²) in [6.45, 7) is 15.0. The number of hydrogen-bond acceptors (Lipinski definition) is 0. The zero-order valence-electron chi connectivity index (χ0n) is 10.6. The van der Waals surface area contributed by atoms with E-state index < -0.39 is 0 Å². The number of aryl methyl sites for hydroxylation is 1. The molecule has 0 heterocycles. The average Bonchev–Trinajstić information content (AvgIpc) is 2.09. The van der Waals surface area contributed by atoms with Crippen molar-refractivity contribution in [1.29, 1.82) is 0 Å². The average molecular weight is 202 g/mol. The monoisotopic (exact) mass is 202 g/mol. The molecule has 0 fully saturated rings. The highest BCUT2D eigenvalue weighted by Crippen LogP contribution is 2.28. The lowest BCUT2D eigenvalue weighted by molar-refractivity contribution is 0.584. The van der Waals surface area contributed by atoms with Crippen LogP contribution in [0.15, 0.2) is 24.8 Å². The van der Waals surface area contributed by atoms with Gasteiger partial charge in [-0.2, -0.15) is 0 Å². The maximum absolute atomic E-state index is 3.80. The molecule has 15 heavy (non-hydrogen) atoms. The van der Waals surface area contributed by atoms with Crippen molar-refractivity contribution in [2.45, 2.75) is 46.5 Å². The highest BCUT2D eigenvalue weighted by molar-refractivity contribution is 5.41. The lowest BCUT2D eigenvalue weighted by Crippen LogP contribution is -2.14. The molecule has 0 aliphatic rings. The molecular weight excluding hydrogens is 180 g/mol. The Bertz CT molecular complexity index is 364. The molecule has 82 valence electrons. The number of hydrogen-bond donors (Lipinski definition) is 0. The van der Waals surface area contributed by atoms with E-state index in [0.717, 1.165) is 6.42 Å². The van der Waals surface area contributed by atoms with E-state index in [-0.39, 0.29) is 5.41 Å². The molecule has 0 bridgehead atoms. The molecule has 0 nitrogen and oxygen atoms in total. The van der Waals surface area contributed by atoms with Crippen LogP contribution in [0.4, 0.5) is 0 Å². The van der Waals surface area contributed by atoms with Crippen molar-refractivity contribution in [3.8, 4) is 0 Å². The van der Waals surface area contributed by atoms with Gasteiger partial charge in [-0.15, -0.1) is 6.58 Å². The van der Waals surface area contributed by atoms with E-state index in [4.69, 9.17) is 0 Å². The van der Waals surface area contributed by atoms with E-state index in [1.807, 2.05) is 6.08 Å². The van der Waals surface area contributed by atoms with Gasteiger partial charge in [0.05, 0.1) is 0 Å². The van der Waals surface area contributed by atoms with Gasteiger partial charge in [0.1, 0.15) is 0 Å². The largest absolute Gasteiger partial charge is 0.103 e. The van der Waals surface area contributed by atoms with Crippen LogP contribution >= 0.6 is 0 Å². The van der Waals surface area contributed by atoms with Gasteiger partial charge in [-0.05, 0) is 47.9 Å². The summed E-state index contributed by atoms with van der Waals surface area (Å²) in [7, 11) is 0. The van der Waals surface area contributed by atoms with E-state index in [1.165, 1.54) is 22.3 Å². The smallest absolute Gasteiger partial charge is 0.00999 e. The molecular formula is C15H22. The molecule has 0 aliphatic carbocycles. The number of allylic oxidation sites excluding steroid dienone is 1. The summed E-state index contributed by atoms with van der Waals surface area (Å²) in [5.41, 5.74) is 5.87. The molecule has 0 heteroatoms. The fourth-order valence-corrected chi connectivity index (χ4v) is 2.00. The Hall–Kier alpha value is -1.04. The van der Waals surface area contributed by atoms with Gasteiger partial charge in [-0.1, -0.05) is 39.0 Å². The summed E-state index contributed by atoms with van der Waals surface area (Å²) in [5, 5.41) is 0. The topological polar surface area (TPSA) is 0 Å². The van der Waals surface area contributed by atoms with Crippen molar-refractivity contribution in [3.63, 3.8) is 0 Å². The van der Waals surface area contributed by atoms with Gasteiger partial charge in [-0.25, -0.2) is 0 Å². The first-order valence-electron chi connectivity index (χ1n) is 5.57. The molecule has 1 aromatic rings. The fraction of sp³-hybridized carbons (Fsp3) is 0.467. The van der Waals surface area contributed by atoms with Crippen molar-refractivity contribution >= 4 is 0 Å². The molecule has 0 aliphatic heterocycles. The summed E-state index contributed by atoms with van der Waals surface area (Å²) in [6, 6.07) is 4.59. The molecule has 0 N–H and O–H groups in total. The normalized spacial score (nSPS) is 11.5. The highest BCUT2D eigenvalue weighted by Gasteiger charge is 2.17. The van der Waals surface area contributed by atoms with Crippen molar-refractivity contribution in [2.75, 3.05) is 0 Å². The minimum absolute atomic E-state index is 0.228. The third kappa shape index (κ3) is 2.71. The zero-order chi connectivity index (χ0) is 11.6. The first-order chi connectivity index (χ1) is 6.86. The van der Waals surface area contributed by atoms with Gasteiger partial charge >= 0.3 is 0 Å². The standard InChI is InChI=1S/C15H22/c1-7-8-13-9-11(2)12(3)14(10-13)15(4,5)6/h7,9-10H,1,8H2,2-6H3. The van der Waals surface area contributed by atoms with Crippen molar-refractivity contribution < 1.29 is 0 Å². The Morgan fingerprint density at radius 2 is 1.80 bits per heavy atom. The zero-order valence-corrected chi connectivity index (χ0v) is 10.6. The summed E-state index contributed by atoms with van der Waals surface area (Å²) in [6.07, 6.45) is 2.93. The van der Waals surface area contributed by atoms with E-state index in [0.29, 0.717) is 0 Å². The number of rotatable bonds is 2. The van der Waals surface area contributed by atoms with Crippen LogP contribution in [0.2, 0.25) is 0 Å². The minimum Gasteiger partial charge on any atom is -0.103 e. The maximum Gasteiger partial charge on any atom is -0.00999 e. The molecule has 0 unspecified atom stereocenters. The molecule has 0 amide bonds. The van der Waals surface area contributed by atoms with Gasteiger partial charge in [0, 0.05) is 0 Å². The summed E-state index contributed by atoms with van der Waals surface area (Å²) >= 11 is 0. The van der Waals surface area contributed by atoms with E-state index in [9.17, 15) is 0 Å². The number of benzene rings is 1. The van der Waals surface area contributed by atoms with Crippen LogP contribution in [0.5, 0.6) is 0 Å². The molecule has 1 aromatic carbocycles. The second-order valence-corrected chi connectivity index (χ2v) is 5.33. The van der Waals surface area contributed by atoms with Crippen LogP contribution in [0, 0.1) is 13.8 Å². The van der Waals surface area contributed by atoms with Crippen LogP contribution in [0.3, 0.4) is 0 Å². The second kappa shape index (κ2) is 4.22. The molecule has 0 radical (unpaired) electrons. The molecule has 0 aromatic heterocycles. The Morgan fingerprint density at radius 1 is 1.20 bits per heavy atom. The molecule has 0 spiro atoms. The Balaban J connectivity index is 3.31. The Kier molecular flexibility index (Phi) is 3.38. The van der Waals surface area contributed by atoms with Crippen LogP contribution < -0.4 is 0 Å². The van der Waals surface area contributed by atoms with Gasteiger partial charge in [-0.3, -0.25) is 0 Å². The lowest BCUT2D eigenvalue weighted by atomic mass is 9.81. The van der Waals surface area contributed by atoms with Crippen molar-refractivity contribution in [2.24, 2.45) is 0 Å². The van der Waals surface area contributed by atoms with E-state index >= 15 is 0 Å². The SMILES string of the molecule is C=CCc1cc(C)c(C)c(C(C)(C)C)c1. The van der Waals surface area contributed by atoms with Gasteiger partial charge in [0.15, 0.2) is 0 Å². The third-order valence-electron chi connectivity index (χ3n) is 2.92. The van der Waals surface area contributed by atoms with E-state index in [2.05, 4.69) is 53.3 Å². The fourth-order valence-electron chi connectivity index (χ4n) is 2.00. The lowest BCUT2D eigenvalue weighted by Gasteiger charge is -2.24. The molecule has 0 saturated heterocycles. The van der Waals surface area contributed by atoms with E-state index in [1.54, 1.807) is 0 Å². The van der Waals surface area contributed by atoms with Gasteiger partial charge < -0.3 is 0 Å². The Labute approximate surface area is 94.0 Å². The Morgan fingerprint density at radius 3 is 2.27 bits per heavy atom. The van der Waals surface area contributed by atoms with Crippen molar-refractivity contribution in [3.05, 3.63) is 47.0 Å². The summed E-state index contributed by atoms with van der Waals surface area (Å²) in [5.74, 6) is 0. The molecule has 0 saturated carbocycles. The maximum atomic E-state index is 3.80. The van der Waals surface area contributed by atoms with Crippen LogP contribution in [0.1, 0.15) is 43.0 Å². The van der Waals surface area contributed by atoms with Crippen LogP contribution in [0.25, 0.3) is 0 Å². The van der Waals surface area contributed by atoms with Crippen molar-refractivity contribution in [1.82, 2.24) is 0 Å². The van der Waals surface area contributed by atoms with Gasteiger partial charge in [0.2, 0.25) is 0 Å². The van der Waals surface area contributed by atoms with Crippen LogP contribution in [-0.2, 0) is 11.8 Å². The summed E-state index contributed by atoms with van der Waals surface area (Å²) < 4.78 is 0. The first-order valence-corrected chi connectivity index (χ1v) is 5.57. The predicted molar refractivity (Wildman–Crippen MR) is 68.5 cm³/mol. The second-order valence-electron chi connectivity index (χ2n) is 5.33. The predicted octanol–water partition coefficient (Wildman–Crippen LogP) is 4.33. The third-order valence-corrected chi connectivity index (χ3v) is 2.92. The quantitative estimate of drug-likeness (QED) is 0.626. The highest BCUT2D eigenvalue weighted by atomic mass is 14.2. The molecule has 1 rings (SSSR count). The summed E-state index contributed by atoms with van der Waals surface area (Å²) in [4.78, 5) is 0. The first kappa shape index (κ1) is 12.0. The van der Waals surface area contributed by atoms with Crippen LogP contribution in [-0.4, -0.2) is 0 Å². The minimum atomic E-state index is 0.228. The molecule has 0 atom stereocenters.